The van der Waals surface area contributed by atoms with Gasteiger partial charge in [-0.25, -0.2) is 9.97 Å². The van der Waals surface area contributed by atoms with Crippen LogP contribution >= 0.6 is 0 Å². The van der Waals surface area contributed by atoms with Crippen molar-refractivity contribution >= 4 is 5.78 Å². The Balaban J connectivity index is 2.67. The summed E-state index contributed by atoms with van der Waals surface area (Å²) >= 11 is 0. The first-order chi connectivity index (χ1) is 8.09. The van der Waals surface area contributed by atoms with Crippen LogP contribution in [0.25, 0.3) is 5.78 Å². The van der Waals surface area contributed by atoms with E-state index in [-0.39, 0.29) is 6.07 Å². The van der Waals surface area contributed by atoms with Crippen LogP contribution in [-0.2, 0) is 12.4 Å². The molecule has 18 heavy (non-hydrogen) atoms. The molecule has 2 heterocycles. The minimum Gasteiger partial charge on any atom is -0.494 e. The lowest BCUT2D eigenvalue weighted by atomic mass is 10.4. The minimum atomic E-state index is -4.89. The number of rotatable bonds is 0. The highest BCUT2D eigenvalue weighted by atomic mass is 19.4. The number of imidazole rings is 1. The van der Waals surface area contributed by atoms with Crippen LogP contribution in [0.5, 0.6) is 5.88 Å². The zero-order valence-corrected chi connectivity index (χ0v) is 8.21. The van der Waals surface area contributed by atoms with Gasteiger partial charge in [0, 0.05) is 12.3 Å². The Morgan fingerprint density at radius 3 is 1.94 bits per heavy atom. The Hall–Kier alpha value is -2.00. The third-order valence-corrected chi connectivity index (χ3v) is 2.00. The van der Waals surface area contributed by atoms with Crippen molar-refractivity contribution in [3.05, 3.63) is 23.7 Å². The number of aromatic hydroxyl groups is 1. The summed E-state index contributed by atoms with van der Waals surface area (Å²) in [6, 6.07) is 0.217. The van der Waals surface area contributed by atoms with Gasteiger partial charge in [-0.1, -0.05) is 0 Å². The van der Waals surface area contributed by atoms with Gasteiger partial charge in [-0.05, 0) is 0 Å². The molecule has 10 heteroatoms. The average molecular weight is 271 g/mol. The summed E-state index contributed by atoms with van der Waals surface area (Å²) in [6.07, 6.45) is -9.36. The fourth-order valence-corrected chi connectivity index (χ4v) is 1.23. The highest BCUT2D eigenvalue weighted by Gasteiger charge is 2.37. The third kappa shape index (κ3) is 2.05. The first-order valence-electron chi connectivity index (χ1n) is 4.32. The highest BCUT2D eigenvalue weighted by Crippen LogP contribution is 2.32. The molecule has 0 spiro atoms. The molecule has 0 radical (unpaired) electrons. The predicted octanol–water partition coefficient (Wildman–Crippen LogP) is 2.47. The van der Waals surface area contributed by atoms with E-state index in [4.69, 9.17) is 0 Å². The standard InChI is InChI=1S/C8H3F6N3O/c9-7(10,11)3-1-5(18)17-2-4(8(12,13)14)16-6(17)15-3/h1-2,18H. The zero-order chi connectivity index (χ0) is 13.7. The third-order valence-electron chi connectivity index (χ3n) is 2.00. The molecular weight excluding hydrogens is 268 g/mol. The maximum atomic E-state index is 12.3. The maximum absolute atomic E-state index is 12.3. The molecule has 0 fully saturated rings. The number of hydrogen-bond acceptors (Lipinski definition) is 3. The van der Waals surface area contributed by atoms with Crippen LogP contribution in [0, 0.1) is 0 Å². The number of alkyl halides is 6. The molecular formula is C8H3F6N3O. The van der Waals surface area contributed by atoms with E-state index in [1.807, 2.05) is 0 Å². The van der Waals surface area contributed by atoms with E-state index in [1.165, 1.54) is 0 Å². The zero-order valence-electron chi connectivity index (χ0n) is 8.21. The molecule has 0 aliphatic heterocycles. The lowest BCUT2D eigenvalue weighted by Gasteiger charge is -2.06. The first-order valence-corrected chi connectivity index (χ1v) is 4.32. The van der Waals surface area contributed by atoms with E-state index < -0.39 is 35.4 Å². The van der Waals surface area contributed by atoms with E-state index in [2.05, 4.69) is 9.97 Å². The molecule has 4 nitrogen and oxygen atoms in total. The van der Waals surface area contributed by atoms with Crippen LogP contribution in [0.2, 0.25) is 0 Å². The molecule has 0 aliphatic carbocycles. The summed E-state index contributed by atoms with van der Waals surface area (Å²) in [5, 5.41) is 9.21. The number of hydrogen-bond donors (Lipinski definition) is 1. The smallest absolute Gasteiger partial charge is 0.434 e. The number of nitrogens with zero attached hydrogens (tertiary/aromatic N) is 3. The molecule has 0 amide bonds. The van der Waals surface area contributed by atoms with E-state index in [0.29, 0.717) is 10.6 Å². The quantitative estimate of drug-likeness (QED) is 0.749. The van der Waals surface area contributed by atoms with Gasteiger partial charge < -0.3 is 5.11 Å². The second kappa shape index (κ2) is 3.50. The Kier molecular flexibility index (Phi) is 2.42. The van der Waals surface area contributed by atoms with E-state index in [0.717, 1.165) is 0 Å². The molecule has 0 saturated carbocycles. The highest BCUT2D eigenvalue weighted by molar-refractivity contribution is 5.38. The second-order valence-electron chi connectivity index (χ2n) is 3.29. The predicted molar refractivity (Wildman–Crippen MR) is 44.7 cm³/mol. The molecule has 1 N–H and O–H groups in total. The lowest BCUT2D eigenvalue weighted by Crippen LogP contribution is -2.09. The monoisotopic (exact) mass is 271 g/mol. The summed E-state index contributed by atoms with van der Waals surface area (Å²) < 4.78 is 74.2. The summed E-state index contributed by atoms with van der Waals surface area (Å²) in [7, 11) is 0. The van der Waals surface area contributed by atoms with Crippen molar-refractivity contribution in [2.75, 3.05) is 0 Å². The van der Waals surface area contributed by atoms with E-state index in [1.54, 1.807) is 0 Å². The van der Waals surface area contributed by atoms with E-state index >= 15 is 0 Å². The summed E-state index contributed by atoms with van der Waals surface area (Å²) in [4.78, 5) is 5.79. The molecule has 98 valence electrons. The summed E-state index contributed by atoms with van der Waals surface area (Å²) in [6.45, 7) is 0. The average Bonchev–Trinajstić information content (AvgIpc) is 2.59. The van der Waals surface area contributed by atoms with Crippen molar-refractivity contribution < 1.29 is 31.4 Å². The Bertz CT molecular complexity index is 599. The SMILES string of the molecule is Oc1cc(C(F)(F)F)nc2nc(C(F)(F)F)cn12. The Morgan fingerprint density at radius 1 is 0.944 bits per heavy atom. The fraction of sp³-hybridized carbons (Fsp3) is 0.250. The number of aromatic nitrogens is 3. The van der Waals surface area contributed by atoms with Crippen molar-refractivity contribution in [3.63, 3.8) is 0 Å². The van der Waals surface area contributed by atoms with Crippen LogP contribution in [0.3, 0.4) is 0 Å². The van der Waals surface area contributed by atoms with Crippen LogP contribution in [0.4, 0.5) is 26.3 Å². The Morgan fingerprint density at radius 2 is 1.44 bits per heavy atom. The van der Waals surface area contributed by atoms with Gasteiger partial charge in [0.2, 0.25) is 5.78 Å². The Labute approximate surface area is 94.5 Å². The van der Waals surface area contributed by atoms with Gasteiger partial charge in [-0.15, -0.1) is 0 Å². The molecule has 2 rings (SSSR count). The van der Waals surface area contributed by atoms with E-state index in [9.17, 15) is 31.4 Å². The van der Waals surface area contributed by atoms with Gasteiger partial charge in [0.15, 0.2) is 17.3 Å². The van der Waals surface area contributed by atoms with Gasteiger partial charge in [0.25, 0.3) is 0 Å². The number of fused-ring (bicyclic) bond motifs is 1. The largest absolute Gasteiger partial charge is 0.494 e. The van der Waals surface area contributed by atoms with Crippen molar-refractivity contribution in [1.82, 2.24) is 14.4 Å². The topological polar surface area (TPSA) is 50.4 Å². The molecule has 0 atom stereocenters. The van der Waals surface area contributed by atoms with Crippen LogP contribution in [0.15, 0.2) is 12.3 Å². The van der Waals surface area contributed by atoms with Gasteiger partial charge in [0.1, 0.15) is 0 Å². The molecule has 0 bridgehead atoms. The molecule has 2 aromatic rings. The van der Waals surface area contributed by atoms with Crippen molar-refractivity contribution in [1.29, 1.82) is 0 Å². The van der Waals surface area contributed by atoms with Gasteiger partial charge >= 0.3 is 12.4 Å². The summed E-state index contributed by atoms with van der Waals surface area (Å²) in [5.41, 5.74) is -2.96. The van der Waals surface area contributed by atoms with Crippen LogP contribution in [0.1, 0.15) is 11.4 Å². The van der Waals surface area contributed by atoms with Crippen LogP contribution in [-0.4, -0.2) is 19.5 Å². The molecule has 0 aromatic carbocycles. The van der Waals surface area contributed by atoms with Crippen molar-refractivity contribution in [3.8, 4) is 5.88 Å². The second-order valence-corrected chi connectivity index (χ2v) is 3.29. The van der Waals surface area contributed by atoms with Gasteiger partial charge in [-0.2, -0.15) is 26.3 Å². The van der Waals surface area contributed by atoms with Crippen LogP contribution < -0.4 is 0 Å². The maximum Gasteiger partial charge on any atom is 0.434 e. The van der Waals surface area contributed by atoms with Gasteiger partial charge in [-0.3, -0.25) is 4.40 Å². The number of halogens is 6. The molecule has 0 aliphatic rings. The lowest BCUT2D eigenvalue weighted by molar-refractivity contribution is -0.141. The molecule has 2 aromatic heterocycles. The van der Waals surface area contributed by atoms with Crippen molar-refractivity contribution in [2.45, 2.75) is 12.4 Å². The summed E-state index contributed by atoms with van der Waals surface area (Å²) in [5.74, 6) is -1.91. The fourth-order valence-electron chi connectivity index (χ4n) is 1.23. The van der Waals surface area contributed by atoms with Gasteiger partial charge in [0.05, 0.1) is 0 Å². The van der Waals surface area contributed by atoms with Crippen molar-refractivity contribution in [2.24, 2.45) is 0 Å². The molecule has 0 unspecified atom stereocenters. The minimum absolute atomic E-state index is 0.217. The molecule has 0 saturated heterocycles. The normalized spacial score (nSPS) is 13.2. The first kappa shape index (κ1) is 12.5.